The van der Waals surface area contributed by atoms with E-state index in [1.807, 2.05) is 29.7 Å². The lowest BCUT2D eigenvalue weighted by Crippen LogP contribution is -2.26. The zero-order chi connectivity index (χ0) is 18.5. The first-order chi connectivity index (χ1) is 12.3. The fourth-order valence-electron chi connectivity index (χ4n) is 3.16. The number of nitrogens with zero attached hydrogens (tertiary/aromatic N) is 5. The predicted octanol–water partition coefficient (Wildman–Crippen LogP) is 2.70. The Kier molecular flexibility index (Phi) is 3.62. The Morgan fingerprint density at radius 3 is 2.65 bits per heavy atom. The highest BCUT2D eigenvalue weighted by molar-refractivity contribution is 6.05. The van der Waals surface area contributed by atoms with Crippen LogP contribution in [0.1, 0.15) is 19.7 Å². The van der Waals surface area contributed by atoms with Gasteiger partial charge in [0.05, 0.1) is 17.7 Å². The quantitative estimate of drug-likeness (QED) is 0.590. The van der Waals surface area contributed by atoms with Crippen LogP contribution < -0.4 is 5.73 Å². The number of nitrogens with two attached hydrogens (primary N) is 1. The minimum atomic E-state index is -0.890. The van der Waals surface area contributed by atoms with Crippen LogP contribution >= 0.6 is 0 Å². The number of hydrogen-bond acceptors (Lipinski definition) is 6. The average molecular weight is 348 g/mol. The summed E-state index contributed by atoms with van der Waals surface area (Å²) in [6, 6.07) is 5.80. The second kappa shape index (κ2) is 5.74. The standard InChI is InChI=1S/C19H20N6O/c1-11-23-16-17(25(11)10-19(2,3)26)15-14(24-18(16)20)7-13(9-22-15)12-5-4-6-21-8-12/h4-9,26H,10H2,1-3H3,(H2,20,24). The summed E-state index contributed by atoms with van der Waals surface area (Å²) in [6.45, 7) is 5.80. The molecule has 0 aliphatic rings. The van der Waals surface area contributed by atoms with Gasteiger partial charge in [0, 0.05) is 29.7 Å². The fourth-order valence-corrected chi connectivity index (χ4v) is 3.16. The van der Waals surface area contributed by atoms with Gasteiger partial charge in [0.2, 0.25) is 0 Å². The van der Waals surface area contributed by atoms with Gasteiger partial charge in [-0.2, -0.15) is 0 Å². The molecule has 4 rings (SSSR count). The van der Waals surface area contributed by atoms with Gasteiger partial charge in [-0.3, -0.25) is 9.97 Å². The lowest BCUT2D eigenvalue weighted by atomic mass is 10.1. The van der Waals surface area contributed by atoms with Gasteiger partial charge in [-0.15, -0.1) is 0 Å². The molecule has 0 bridgehead atoms. The lowest BCUT2D eigenvalue weighted by molar-refractivity contribution is 0.0621. The van der Waals surface area contributed by atoms with E-state index in [0.29, 0.717) is 28.9 Å². The van der Waals surface area contributed by atoms with Gasteiger partial charge in [0.25, 0.3) is 0 Å². The van der Waals surface area contributed by atoms with Crippen LogP contribution in [0, 0.1) is 6.92 Å². The molecular formula is C19H20N6O. The molecule has 0 unspecified atom stereocenters. The van der Waals surface area contributed by atoms with E-state index in [4.69, 9.17) is 5.73 Å². The lowest BCUT2D eigenvalue weighted by Gasteiger charge is -2.19. The van der Waals surface area contributed by atoms with E-state index in [9.17, 15) is 5.11 Å². The van der Waals surface area contributed by atoms with Gasteiger partial charge < -0.3 is 15.4 Å². The highest BCUT2D eigenvalue weighted by Crippen LogP contribution is 2.30. The van der Waals surface area contributed by atoms with E-state index in [2.05, 4.69) is 19.9 Å². The SMILES string of the molecule is Cc1nc2c(N)nc3cc(-c4cccnc4)cnc3c2n1CC(C)(C)O. The van der Waals surface area contributed by atoms with Crippen LogP contribution in [0.5, 0.6) is 0 Å². The largest absolute Gasteiger partial charge is 0.389 e. The van der Waals surface area contributed by atoms with Crippen molar-refractivity contribution in [3.05, 3.63) is 42.6 Å². The molecule has 26 heavy (non-hydrogen) atoms. The molecule has 0 atom stereocenters. The second-order valence-electron chi connectivity index (χ2n) is 7.09. The van der Waals surface area contributed by atoms with Crippen LogP contribution in [0.25, 0.3) is 33.2 Å². The molecule has 132 valence electrons. The molecule has 7 heteroatoms. The van der Waals surface area contributed by atoms with Crippen LogP contribution in [-0.4, -0.2) is 35.2 Å². The zero-order valence-electron chi connectivity index (χ0n) is 14.9. The fraction of sp³-hybridized carbons (Fsp3) is 0.263. The predicted molar refractivity (Wildman–Crippen MR) is 102 cm³/mol. The summed E-state index contributed by atoms with van der Waals surface area (Å²) in [7, 11) is 0. The van der Waals surface area contributed by atoms with E-state index in [0.717, 1.165) is 22.5 Å². The van der Waals surface area contributed by atoms with Crippen LogP contribution in [0.2, 0.25) is 0 Å². The monoisotopic (exact) mass is 348 g/mol. The Labute approximate surface area is 150 Å². The third-order valence-corrected chi connectivity index (χ3v) is 4.27. The number of pyridine rings is 3. The molecule has 4 heterocycles. The summed E-state index contributed by atoms with van der Waals surface area (Å²) in [4.78, 5) is 17.8. The average Bonchev–Trinajstić information content (AvgIpc) is 2.91. The normalized spacial score (nSPS) is 12.2. The summed E-state index contributed by atoms with van der Waals surface area (Å²) in [5.41, 5.74) is 9.97. The third kappa shape index (κ3) is 2.76. The summed E-state index contributed by atoms with van der Waals surface area (Å²) in [5.74, 6) is 1.12. The van der Waals surface area contributed by atoms with E-state index in [1.165, 1.54) is 0 Å². The van der Waals surface area contributed by atoms with Crippen molar-refractivity contribution in [2.75, 3.05) is 5.73 Å². The summed E-state index contributed by atoms with van der Waals surface area (Å²) in [5, 5.41) is 10.3. The Hall–Kier alpha value is -3.06. The van der Waals surface area contributed by atoms with Crippen molar-refractivity contribution in [1.29, 1.82) is 0 Å². The number of anilines is 1. The molecule has 0 fully saturated rings. The van der Waals surface area contributed by atoms with Gasteiger partial charge in [-0.25, -0.2) is 9.97 Å². The van der Waals surface area contributed by atoms with E-state index in [-0.39, 0.29) is 0 Å². The molecule has 0 aliphatic carbocycles. The van der Waals surface area contributed by atoms with Crippen LogP contribution in [0.15, 0.2) is 36.8 Å². The first-order valence-electron chi connectivity index (χ1n) is 8.38. The maximum Gasteiger partial charge on any atom is 0.152 e. The Morgan fingerprint density at radius 1 is 1.15 bits per heavy atom. The number of hydrogen-bond donors (Lipinski definition) is 2. The van der Waals surface area contributed by atoms with Gasteiger partial charge in [-0.1, -0.05) is 6.07 Å². The van der Waals surface area contributed by atoms with Crippen molar-refractivity contribution < 1.29 is 5.11 Å². The van der Waals surface area contributed by atoms with E-state index >= 15 is 0 Å². The van der Waals surface area contributed by atoms with Crippen molar-refractivity contribution in [3.8, 4) is 11.1 Å². The molecule has 0 spiro atoms. The molecule has 0 aromatic carbocycles. The Bertz CT molecular complexity index is 1110. The number of nitrogen functional groups attached to an aromatic ring is 1. The topological polar surface area (TPSA) is 103 Å². The molecule has 0 saturated heterocycles. The number of rotatable bonds is 3. The molecule has 0 saturated carbocycles. The zero-order valence-corrected chi connectivity index (χ0v) is 14.9. The highest BCUT2D eigenvalue weighted by atomic mass is 16.3. The molecule has 3 N–H and O–H groups in total. The number of aliphatic hydroxyl groups is 1. The molecule has 4 aromatic heterocycles. The van der Waals surface area contributed by atoms with Crippen molar-refractivity contribution in [2.24, 2.45) is 0 Å². The Morgan fingerprint density at radius 2 is 1.96 bits per heavy atom. The van der Waals surface area contributed by atoms with Crippen LogP contribution in [-0.2, 0) is 6.54 Å². The molecule has 0 amide bonds. The highest BCUT2D eigenvalue weighted by Gasteiger charge is 2.21. The minimum absolute atomic E-state index is 0.357. The third-order valence-electron chi connectivity index (χ3n) is 4.27. The van der Waals surface area contributed by atoms with Crippen molar-refractivity contribution >= 4 is 27.9 Å². The Balaban J connectivity index is 2.00. The number of aromatic nitrogens is 5. The van der Waals surface area contributed by atoms with Crippen molar-refractivity contribution in [1.82, 2.24) is 24.5 Å². The number of aryl methyl sites for hydroxylation is 1. The summed E-state index contributed by atoms with van der Waals surface area (Å²) in [6.07, 6.45) is 5.32. The second-order valence-corrected chi connectivity index (χ2v) is 7.09. The molecule has 0 aliphatic heterocycles. The van der Waals surface area contributed by atoms with Gasteiger partial charge in [-0.05, 0) is 32.9 Å². The number of imidazole rings is 1. The maximum atomic E-state index is 10.3. The van der Waals surface area contributed by atoms with Gasteiger partial charge in [0.1, 0.15) is 22.4 Å². The smallest absolute Gasteiger partial charge is 0.152 e. The van der Waals surface area contributed by atoms with Crippen molar-refractivity contribution in [2.45, 2.75) is 32.9 Å². The number of fused-ring (bicyclic) bond motifs is 3. The van der Waals surface area contributed by atoms with E-state index in [1.54, 1.807) is 32.4 Å². The maximum absolute atomic E-state index is 10.3. The summed E-state index contributed by atoms with van der Waals surface area (Å²) < 4.78 is 1.95. The molecule has 0 radical (unpaired) electrons. The van der Waals surface area contributed by atoms with Crippen molar-refractivity contribution in [3.63, 3.8) is 0 Å². The first-order valence-corrected chi connectivity index (χ1v) is 8.38. The molecule has 4 aromatic rings. The summed E-state index contributed by atoms with van der Waals surface area (Å²) >= 11 is 0. The molecular weight excluding hydrogens is 328 g/mol. The van der Waals surface area contributed by atoms with Crippen LogP contribution in [0.4, 0.5) is 5.82 Å². The molecule has 7 nitrogen and oxygen atoms in total. The minimum Gasteiger partial charge on any atom is -0.389 e. The van der Waals surface area contributed by atoms with Gasteiger partial charge >= 0.3 is 0 Å². The first kappa shape index (κ1) is 16.4. The van der Waals surface area contributed by atoms with Gasteiger partial charge in [0.15, 0.2) is 5.82 Å². The van der Waals surface area contributed by atoms with Crippen LogP contribution in [0.3, 0.4) is 0 Å². The van der Waals surface area contributed by atoms with E-state index < -0.39 is 5.60 Å².